The molecule has 0 bridgehead atoms. The summed E-state index contributed by atoms with van der Waals surface area (Å²) in [7, 11) is 3.68. The van der Waals surface area contributed by atoms with Crippen molar-refractivity contribution < 1.29 is 0 Å². The minimum Gasteiger partial charge on any atom is -0.358 e. The van der Waals surface area contributed by atoms with E-state index in [1.165, 1.54) is 0 Å². The van der Waals surface area contributed by atoms with Crippen molar-refractivity contribution >= 4 is 34.9 Å². The zero-order valence-corrected chi connectivity index (χ0v) is 18.1. The normalized spacial score (nSPS) is 11.5. The molecule has 0 N–H and O–H groups in total. The number of hydrogen-bond acceptors (Lipinski definition) is 6. The second-order valence-corrected chi connectivity index (χ2v) is 7.22. The number of nitrogens with zero attached hydrogens (tertiary/aromatic N) is 8. The molecule has 154 valence electrons. The van der Waals surface area contributed by atoms with Crippen LogP contribution in [0.4, 0.5) is 0 Å². The van der Waals surface area contributed by atoms with Crippen LogP contribution in [0.5, 0.6) is 0 Å². The fraction of sp³-hybridized carbons (Fsp3) is 0.300. The minimum absolute atomic E-state index is 0.420. The number of nitriles is 2. The highest BCUT2D eigenvalue weighted by atomic mass is 35.5. The highest BCUT2D eigenvalue weighted by molar-refractivity contribution is 6.29. The SMILES string of the molecule is CN(Cc1ccc(Cl)nc1)C(CCC(=NC#N)N(C)Cc1ccc(Cl)nc1)=NC#N. The Morgan fingerprint density at radius 1 is 0.833 bits per heavy atom. The Morgan fingerprint density at radius 2 is 1.23 bits per heavy atom. The maximum Gasteiger partial charge on any atom is 0.207 e. The van der Waals surface area contributed by atoms with E-state index in [-0.39, 0.29) is 0 Å². The molecule has 0 saturated carbocycles. The summed E-state index contributed by atoms with van der Waals surface area (Å²) in [5, 5.41) is 19.0. The van der Waals surface area contributed by atoms with Gasteiger partial charge in [0.25, 0.3) is 0 Å². The van der Waals surface area contributed by atoms with Crippen molar-refractivity contribution in [1.29, 1.82) is 10.5 Å². The van der Waals surface area contributed by atoms with Crippen LogP contribution in [0.15, 0.2) is 46.6 Å². The molecule has 0 spiro atoms. The summed E-state index contributed by atoms with van der Waals surface area (Å²) < 4.78 is 0. The first-order chi connectivity index (χ1) is 14.4. The maximum absolute atomic E-state index is 9.08. The summed E-state index contributed by atoms with van der Waals surface area (Å²) in [4.78, 5) is 19.7. The van der Waals surface area contributed by atoms with E-state index in [1.807, 2.05) is 48.4 Å². The third kappa shape index (κ3) is 7.32. The van der Waals surface area contributed by atoms with Crippen LogP contribution in [0.1, 0.15) is 24.0 Å². The Hall–Kier alpha value is -3.20. The molecule has 0 unspecified atom stereocenters. The Bertz CT molecular complexity index is 890. The van der Waals surface area contributed by atoms with E-state index in [4.69, 9.17) is 33.7 Å². The average molecular weight is 443 g/mol. The largest absolute Gasteiger partial charge is 0.358 e. The molecule has 0 aromatic carbocycles. The van der Waals surface area contributed by atoms with E-state index in [2.05, 4.69) is 20.0 Å². The van der Waals surface area contributed by atoms with Gasteiger partial charge in [-0.25, -0.2) is 9.97 Å². The van der Waals surface area contributed by atoms with Crippen molar-refractivity contribution in [3.05, 3.63) is 58.1 Å². The third-order valence-electron chi connectivity index (χ3n) is 4.23. The molecule has 0 atom stereocenters. The maximum atomic E-state index is 9.08. The highest BCUT2D eigenvalue weighted by Gasteiger charge is 2.13. The highest BCUT2D eigenvalue weighted by Crippen LogP contribution is 2.12. The van der Waals surface area contributed by atoms with Crippen molar-refractivity contribution in [1.82, 2.24) is 19.8 Å². The predicted octanol–water partition coefficient (Wildman–Crippen LogP) is 3.89. The molecule has 10 heteroatoms. The van der Waals surface area contributed by atoms with E-state index in [1.54, 1.807) is 24.5 Å². The molecule has 0 aliphatic carbocycles. The molecule has 0 aliphatic heterocycles. The monoisotopic (exact) mass is 442 g/mol. The summed E-state index contributed by atoms with van der Waals surface area (Å²) in [6.07, 6.45) is 7.93. The van der Waals surface area contributed by atoms with E-state index in [9.17, 15) is 0 Å². The number of hydrogen-bond donors (Lipinski definition) is 0. The van der Waals surface area contributed by atoms with Crippen LogP contribution in [0.3, 0.4) is 0 Å². The molecule has 2 aromatic heterocycles. The summed E-state index contributed by atoms with van der Waals surface area (Å²) in [5.74, 6) is 1.17. The lowest BCUT2D eigenvalue weighted by atomic mass is 10.2. The van der Waals surface area contributed by atoms with Gasteiger partial charge in [-0.05, 0) is 23.3 Å². The number of pyridine rings is 2. The summed E-state index contributed by atoms with van der Waals surface area (Å²) >= 11 is 11.6. The topological polar surface area (TPSA) is 105 Å². The molecule has 0 fully saturated rings. The summed E-state index contributed by atoms with van der Waals surface area (Å²) in [6.45, 7) is 1.03. The molecule has 30 heavy (non-hydrogen) atoms. The zero-order valence-electron chi connectivity index (χ0n) is 16.6. The lowest BCUT2D eigenvalue weighted by Gasteiger charge is -2.23. The quantitative estimate of drug-likeness (QED) is 0.278. The number of aliphatic imine (C=N–C) groups is 2. The van der Waals surface area contributed by atoms with Gasteiger partial charge in [-0.3, -0.25) is 0 Å². The average Bonchev–Trinajstić information content (AvgIpc) is 2.73. The van der Waals surface area contributed by atoms with Gasteiger partial charge in [0.2, 0.25) is 12.4 Å². The van der Waals surface area contributed by atoms with Crippen molar-refractivity contribution in [3.8, 4) is 12.4 Å². The Balaban J connectivity index is 2.04. The first kappa shape index (κ1) is 23.1. The van der Waals surface area contributed by atoms with Gasteiger partial charge in [0.05, 0.1) is 0 Å². The molecule has 2 aromatic rings. The van der Waals surface area contributed by atoms with Gasteiger partial charge in [-0.15, -0.1) is 0 Å². The molecule has 2 heterocycles. The summed E-state index contributed by atoms with van der Waals surface area (Å²) in [5.41, 5.74) is 1.87. The number of aromatic nitrogens is 2. The van der Waals surface area contributed by atoms with Crippen LogP contribution < -0.4 is 0 Å². The fourth-order valence-electron chi connectivity index (χ4n) is 2.73. The Morgan fingerprint density at radius 3 is 1.53 bits per heavy atom. The van der Waals surface area contributed by atoms with Crippen LogP contribution in [0.25, 0.3) is 0 Å². The molecule has 8 nitrogen and oxygen atoms in total. The van der Waals surface area contributed by atoms with Crippen LogP contribution in [-0.4, -0.2) is 45.5 Å². The van der Waals surface area contributed by atoms with Crippen molar-refractivity contribution in [2.24, 2.45) is 9.98 Å². The molecule has 0 amide bonds. The standard InChI is InChI=1S/C20H20Cl2N8/c1-29(11-15-3-5-17(21)25-9-15)19(27-13-23)7-8-20(28-14-24)30(2)12-16-4-6-18(22)26-10-16/h3-6,9-10H,7-8,11-12H2,1-2H3. The van der Waals surface area contributed by atoms with E-state index < -0.39 is 0 Å². The smallest absolute Gasteiger partial charge is 0.207 e. The van der Waals surface area contributed by atoms with Gasteiger partial charge in [0.15, 0.2) is 0 Å². The number of rotatable bonds is 7. The second-order valence-electron chi connectivity index (χ2n) is 6.45. The molecular weight excluding hydrogens is 423 g/mol. The van der Waals surface area contributed by atoms with Crippen molar-refractivity contribution in [3.63, 3.8) is 0 Å². The molecule has 2 rings (SSSR count). The van der Waals surface area contributed by atoms with Gasteiger partial charge < -0.3 is 9.80 Å². The molecule has 0 radical (unpaired) electrons. The molecule has 0 saturated heterocycles. The minimum atomic E-state index is 0.420. The van der Waals surface area contributed by atoms with Crippen LogP contribution in [0, 0.1) is 22.9 Å². The van der Waals surface area contributed by atoms with Gasteiger partial charge >= 0.3 is 0 Å². The number of halogens is 2. The first-order valence-corrected chi connectivity index (χ1v) is 9.73. The van der Waals surface area contributed by atoms with Crippen LogP contribution in [-0.2, 0) is 13.1 Å². The first-order valence-electron chi connectivity index (χ1n) is 8.97. The Labute approximate surface area is 185 Å². The van der Waals surface area contributed by atoms with Crippen LogP contribution >= 0.6 is 23.2 Å². The summed E-state index contributed by atoms with van der Waals surface area (Å²) in [6, 6.07) is 7.16. The fourth-order valence-corrected chi connectivity index (χ4v) is 2.96. The van der Waals surface area contributed by atoms with Gasteiger partial charge in [-0.1, -0.05) is 35.3 Å². The molecular formula is C20H20Cl2N8. The lowest BCUT2D eigenvalue weighted by molar-refractivity contribution is 0.475. The van der Waals surface area contributed by atoms with E-state index in [0.717, 1.165) is 11.1 Å². The van der Waals surface area contributed by atoms with Crippen molar-refractivity contribution in [2.75, 3.05) is 14.1 Å². The third-order valence-corrected chi connectivity index (χ3v) is 4.68. The van der Waals surface area contributed by atoms with Gasteiger partial charge in [-0.2, -0.15) is 20.5 Å². The van der Waals surface area contributed by atoms with Gasteiger partial charge in [0, 0.05) is 52.4 Å². The predicted molar refractivity (Wildman–Crippen MR) is 117 cm³/mol. The zero-order chi connectivity index (χ0) is 21.9. The van der Waals surface area contributed by atoms with Crippen LogP contribution in [0.2, 0.25) is 10.3 Å². The number of amidine groups is 2. The van der Waals surface area contributed by atoms with Crippen molar-refractivity contribution in [2.45, 2.75) is 25.9 Å². The molecule has 0 aliphatic rings. The second kappa shape index (κ2) is 11.7. The Kier molecular flexibility index (Phi) is 9.02. The van der Waals surface area contributed by atoms with Gasteiger partial charge in [0.1, 0.15) is 22.0 Å². The van der Waals surface area contributed by atoms with E-state index >= 15 is 0 Å². The lowest BCUT2D eigenvalue weighted by Crippen LogP contribution is -2.30. The van der Waals surface area contributed by atoms with E-state index in [0.29, 0.717) is 47.9 Å².